The molecule has 0 aliphatic rings. The minimum absolute atomic E-state index is 0.0367. The number of amides is 1. The van der Waals surface area contributed by atoms with Gasteiger partial charge in [0.15, 0.2) is 0 Å². The number of nitrogens with one attached hydrogen (secondary N) is 1. The summed E-state index contributed by atoms with van der Waals surface area (Å²) in [5.41, 5.74) is 0.825. The largest absolute Gasteiger partial charge is 0.478 e. The summed E-state index contributed by atoms with van der Waals surface area (Å²) >= 11 is 0. The number of aryl methyl sites for hydroxylation is 1. The van der Waals surface area contributed by atoms with E-state index in [1.165, 1.54) is 6.20 Å². The Hall–Kier alpha value is -1.89. The van der Waals surface area contributed by atoms with Gasteiger partial charge in [-0.3, -0.25) is 9.48 Å². The van der Waals surface area contributed by atoms with Crippen LogP contribution in [0.15, 0.2) is 6.20 Å². The Bertz CT molecular complexity index is 441. The predicted octanol–water partition coefficient (Wildman–Crippen LogP) is -0.314. The van der Waals surface area contributed by atoms with Crippen LogP contribution in [0.2, 0.25) is 0 Å². The number of carbonyl (C=O) groups is 2. The van der Waals surface area contributed by atoms with E-state index in [-0.39, 0.29) is 11.5 Å². The molecule has 1 aromatic heterocycles. The number of aromatic nitrogens is 2. The number of hydrogen-bond donors (Lipinski definition) is 2. The summed E-state index contributed by atoms with van der Waals surface area (Å²) in [7, 11) is 5.13. The number of rotatable bonds is 6. The van der Waals surface area contributed by atoms with Crippen molar-refractivity contribution in [3.63, 3.8) is 0 Å². The van der Waals surface area contributed by atoms with E-state index < -0.39 is 5.97 Å². The predicted molar refractivity (Wildman–Crippen MR) is 65.2 cm³/mol. The van der Waals surface area contributed by atoms with Gasteiger partial charge in [0.25, 0.3) is 0 Å². The lowest BCUT2D eigenvalue weighted by Gasteiger charge is -2.16. The van der Waals surface area contributed by atoms with E-state index in [0.29, 0.717) is 25.2 Å². The molecule has 18 heavy (non-hydrogen) atoms. The van der Waals surface area contributed by atoms with Crippen molar-refractivity contribution in [1.82, 2.24) is 20.0 Å². The van der Waals surface area contributed by atoms with E-state index in [1.807, 2.05) is 11.9 Å². The van der Waals surface area contributed by atoms with Crippen LogP contribution >= 0.6 is 0 Å². The number of carbonyl (C=O) groups excluding carboxylic acids is 1. The minimum atomic E-state index is -0.988. The summed E-state index contributed by atoms with van der Waals surface area (Å²) in [6.45, 7) is 0.999. The van der Waals surface area contributed by atoms with Crippen molar-refractivity contribution in [2.45, 2.75) is 13.0 Å². The molecule has 0 saturated carbocycles. The normalized spacial score (nSPS) is 10.7. The smallest absolute Gasteiger partial charge is 0.339 e. The standard InChI is InChI=1S/C11H18N4O3/c1-12-10(16)4-5-14(2)7-9-8(11(17)18)6-13-15(9)3/h6H,4-5,7H2,1-3H3,(H,12,16)(H,17,18). The van der Waals surface area contributed by atoms with Crippen LogP contribution in [0.3, 0.4) is 0 Å². The van der Waals surface area contributed by atoms with Crippen molar-refractivity contribution in [3.05, 3.63) is 17.5 Å². The molecule has 0 radical (unpaired) electrons. The average molecular weight is 254 g/mol. The summed E-state index contributed by atoms with van der Waals surface area (Å²) in [5.74, 6) is -1.02. The van der Waals surface area contributed by atoms with Crippen LogP contribution in [0.5, 0.6) is 0 Å². The van der Waals surface area contributed by atoms with Crippen molar-refractivity contribution in [2.75, 3.05) is 20.6 Å². The Morgan fingerprint density at radius 1 is 1.56 bits per heavy atom. The molecule has 0 aliphatic carbocycles. The lowest BCUT2D eigenvalue weighted by molar-refractivity contribution is -0.120. The molecule has 7 nitrogen and oxygen atoms in total. The van der Waals surface area contributed by atoms with E-state index in [4.69, 9.17) is 5.11 Å². The fourth-order valence-electron chi connectivity index (χ4n) is 1.58. The van der Waals surface area contributed by atoms with Crippen molar-refractivity contribution < 1.29 is 14.7 Å². The molecule has 1 amide bonds. The highest BCUT2D eigenvalue weighted by Gasteiger charge is 2.16. The zero-order valence-corrected chi connectivity index (χ0v) is 10.8. The lowest BCUT2D eigenvalue weighted by atomic mass is 10.2. The molecule has 0 aliphatic heterocycles. The van der Waals surface area contributed by atoms with E-state index in [9.17, 15) is 9.59 Å². The fourth-order valence-corrected chi connectivity index (χ4v) is 1.58. The topological polar surface area (TPSA) is 87.5 Å². The van der Waals surface area contributed by atoms with Crippen molar-refractivity contribution in [2.24, 2.45) is 7.05 Å². The maximum atomic E-state index is 11.1. The van der Waals surface area contributed by atoms with Gasteiger partial charge in [0.1, 0.15) is 5.56 Å². The number of aromatic carboxylic acids is 1. The van der Waals surface area contributed by atoms with Crippen molar-refractivity contribution in [3.8, 4) is 0 Å². The SMILES string of the molecule is CNC(=O)CCN(C)Cc1c(C(=O)O)cnn1C. The second-order valence-electron chi connectivity index (χ2n) is 4.09. The third-order valence-electron chi connectivity index (χ3n) is 2.71. The first kappa shape index (κ1) is 14.2. The van der Waals surface area contributed by atoms with Crippen LogP contribution in [0.1, 0.15) is 22.5 Å². The Labute approximate surface area is 105 Å². The molecule has 0 saturated heterocycles. The maximum Gasteiger partial charge on any atom is 0.339 e. The second-order valence-corrected chi connectivity index (χ2v) is 4.09. The van der Waals surface area contributed by atoms with Gasteiger partial charge in [0, 0.05) is 33.6 Å². The van der Waals surface area contributed by atoms with Gasteiger partial charge in [0.05, 0.1) is 11.9 Å². The Morgan fingerprint density at radius 3 is 2.78 bits per heavy atom. The molecule has 2 N–H and O–H groups in total. The second kappa shape index (κ2) is 6.15. The summed E-state index contributed by atoms with van der Waals surface area (Å²) < 4.78 is 1.54. The Morgan fingerprint density at radius 2 is 2.22 bits per heavy atom. The number of hydrogen-bond acceptors (Lipinski definition) is 4. The van der Waals surface area contributed by atoms with Crippen LogP contribution in [-0.4, -0.2) is 52.3 Å². The molecular weight excluding hydrogens is 236 g/mol. The highest BCUT2D eigenvalue weighted by Crippen LogP contribution is 2.10. The maximum absolute atomic E-state index is 11.1. The van der Waals surface area contributed by atoms with Crippen molar-refractivity contribution in [1.29, 1.82) is 0 Å². The molecule has 0 bridgehead atoms. The monoisotopic (exact) mass is 254 g/mol. The van der Waals surface area contributed by atoms with Gasteiger partial charge in [-0.2, -0.15) is 5.10 Å². The molecule has 0 aromatic carbocycles. The van der Waals surface area contributed by atoms with Gasteiger partial charge in [0.2, 0.25) is 5.91 Å². The zero-order chi connectivity index (χ0) is 13.7. The van der Waals surface area contributed by atoms with E-state index in [0.717, 1.165) is 0 Å². The van der Waals surface area contributed by atoms with E-state index >= 15 is 0 Å². The third kappa shape index (κ3) is 3.56. The third-order valence-corrected chi connectivity index (χ3v) is 2.71. The zero-order valence-electron chi connectivity index (χ0n) is 10.8. The minimum Gasteiger partial charge on any atom is -0.478 e. The quantitative estimate of drug-likeness (QED) is 0.727. The average Bonchev–Trinajstić information content (AvgIpc) is 2.68. The van der Waals surface area contributed by atoms with Crippen LogP contribution in [-0.2, 0) is 18.4 Å². The van der Waals surface area contributed by atoms with Crippen LogP contribution in [0, 0.1) is 0 Å². The number of carboxylic acids is 1. The first-order valence-corrected chi connectivity index (χ1v) is 5.59. The fraction of sp³-hybridized carbons (Fsp3) is 0.545. The van der Waals surface area contributed by atoms with E-state index in [1.54, 1.807) is 18.8 Å². The van der Waals surface area contributed by atoms with Gasteiger partial charge in [-0.1, -0.05) is 0 Å². The molecule has 0 unspecified atom stereocenters. The number of carboxylic acid groups (broad SMARTS) is 1. The summed E-state index contributed by atoms with van der Waals surface area (Å²) in [4.78, 5) is 24.0. The molecule has 0 fully saturated rings. The van der Waals surface area contributed by atoms with Gasteiger partial charge >= 0.3 is 5.97 Å². The molecule has 1 aromatic rings. The molecule has 0 atom stereocenters. The van der Waals surface area contributed by atoms with Crippen molar-refractivity contribution >= 4 is 11.9 Å². The van der Waals surface area contributed by atoms with Gasteiger partial charge < -0.3 is 15.3 Å². The highest BCUT2D eigenvalue weighted by atomic mass is 16.4. The van der Waals surface area contributed by atoms with Gasteiger partial charge in [-0.25, -0.2) is 4.79 Å². The summed E-state index contributed by atoms with van der Waals surface area (Å²) in [6, 6.07) is 0. The Balaban J connectivity index is 2.64. The first-order chi connectivity index (χ1) is 8.45. The van der Waals surface area contributed by atoms with Crippen LogP contribution in [0.25, 0.3) is 0 Å². The molecule has 7 heteroatoms. The van der Waals surface area contributed by atoms with Gasteiger partial charge in [-0.05, 0) is 7.05 Å². The lowest BCUT2D eigenvalue weighted by Crippen LogP contribution is -2.27. The van der Waals surface area contributed by atoms with Crippen LogP contribution in [0.4, 0.5) is 0 Å². The van der Waals surface area contributed by atoms with Gasteiger partial charge in [-0.15, -0.1) is 0 Å². The molecule has 0 spiro atoms. The first-order valence-electron chi connectivity index (χ1n) is 5.59. The molecular formula is C11H18N4O3. The Kier molecular flexibility index (Phi) is 4.85. The highest BCUT2D eigenvalue weighted by molar-refractivity contribution is 5.88. The summed E-state index contributed by atoms with van der Waals surface area (Å²) in [6.07, 6.45) is 1.72. The molecule has 1 heterocycles. The van der Waals surface area contributed by atoms with E-state index in [2.05, 4.69) is 10.4 Å². The molecule has 1 rings (SSSR count). The van der Waals surface area contributed by atoms with Crippen LogP contribution < -0.4 is 5.32 Å². The number of nitrogens with zero attached hydrogens (tertiary/aromatic N) is 3. The molecule has 100 valence electrons. The summed E-state index contributed by atoms with van der Waals surface area (Å²) in [5, 5.41) is 15.5.